The fraction of sp³-hybridized carbons (Fsp3) is 0.0909. The molecule has 7 nitrogen and oxygen atoms in total. The molecule has 1 aromatic carbocycles. The van der Waals surface area contributed by atoms with E-state index in [2.05, 4.69) is 10.2 Å². The summed E-state index contributed by atoms with van der Waals surface area (Å²) in [7, 11) is 0. The van der Waals surface area contributed by atoms with E-state index in [0.717, 1.165) is 6.07 Å². The predicted molar refractivity (Wildman–Crippen MR) is 67.8 cm³/mol. The van der Waals surface area contributed by atoms with Gasteiger partial charge in [-0.15, -0.1) is 5.10 Å². The Balaban J connectivity index is 2.49. The summed E-state index contributed by atoms with van der Waals surface area (Å²) in [4.78, 5) is 21.9. The average molecular weight is 282 g/mol. The summed E-state index contributed by atoms with van der Waals surface area (Å²) in [5.74, 6) is -0.324. The summed E-state index contributed by atoms with van der Waals surface area (Å²) in [6, 6.07) is 5.52. The van der Waals surface area contributed by atoms with Crippen LogP contribution in [0.2, 0.25) is 5.15 Å². The summed E-state index contributed by atoms with van der Waals surface area (Å²) in [5.41, 5.74) is -0.289. The zero-order chi connectivity index (χ0) is 14.0. The van der Waals surface area contributed by atoms with Gasteiger partial charge >= 0.3 is 5.69 Å². The third-order valence-corrected chi connectivity index (χ3v) is 2.51. The van der Waals surface area contributed by atoms with Gasteiger partial charge in [-0.3, -0.25) is 20.0 Å². The van der Waals surface area contributed by atoms with E-state index in [-0.39, 0.29) is 22.5 Å². The lowest BCUT2D eigenvalue weighted by molar-refractivity contribution is -0.385. The largest absolute Gasteiger partial charge is 0.427 e. The maximum absolute atomic E-state index is 11.6. The SMILES string of the molecule is Cc1cccc([N+](=O)[O-])c1Oc1n[nH]c(Cl)cc1=O. The molecular formula is C11H8ClN3O4. The molecule has 0 bridgehead atoms. The highest BCUT2D eigenvalue weighted by atomic mass is 35.5. The number of H-pyrrole nitrogens is 1. The molecule has 0 aliphatic rings. The molecule has 0 radical (unpaired) electrons. The number of nitrogens with zero attached hydrogens (tertiary/aromatic N) is 2. The number of aryl methyl sites for hydroxylation is 1. The van der Waals surface area contributed by atoms with Gasteiger partial charge in [-0.05, 0) is 12.5 Å². The highest BCUT2D eigenvalue weighted by molar-refractivity contribution is 6.29. The summed E-state index contributed by atoms with van der Waals surface area (Å²) < 4.78 is 5.23. The predicted octanol–water partition coefficient (Wildman–Crippen LogP) is 2.43. The standard InChI is InChI=1S/C11H8ClN3O4/c1-6-3-2-4-7(15(17)18)10(6)19-11-8(16)5-9(12)13-14-11/h2-5H,1H3,(H,13,16). The Morgan fingerprint density at radius 1 is 1.47 bits per heavy atom. The number of aromatic amines is 1. The molecule has 8 heteroatoms. The van der Waals surface area contributed by atoms with Crippen LogP contribution in [0.25, 0.3) is 0 Å². The lowest BCUT2D eigenvalue weighted by Crippen LogP contribution is -2.08. The lowest BCUT2D eigenvalue weighted by Gasteiger charge is -2.07. The first kappa shape index (κ1) is 13.0. The van der Waals surface area contributed by atoms with Crippen molar-refractivity contribution in [3.63, 3.8) is 0 Å². The third-order valence-electron chi connectivity index (χ3n) is 2.32. The Labute approximate surface area is 111 Å². The Morgan fingerprint density at radius 2 is 2.21 bits per heavy atom. The van der Waals surface area contributed by atoms with Crippen LogP contribution in [-0.2, 0) is 0 Å². The van der Waals surface area contributed by atoms with E-state index < -0.39 is 10.4 Å². The maximum atomic E-state index is 11.6. The van der Waals surface area contributed by atoms with Crippen molar-refractivity contribution < 1.29 is 9.66 Å². The molecule has 0 aliphatic carbocycles. The molecule has 0 aliphatic heterocycles. The Kier molecular flexibility index (Phi) is 3.48. The number of aromatic nitrogens is 2. The van der Waals surface area contributed by atoms with Crippen molar-refractivity contribution in [1.29, 1.82) is 0 Å². The molecule has 1 heterocycles. The van der Waals surface area contributed by atoms with E-state index in [1.54, 1.807) is 13.0 Å². The fourth-order valence-electron chi connectivity index (χ4n) is 1.45. The summed E-state index contributed by atoms with van der Waals surface area (Å²) in [6.45, 7) is 1.63. The van der Waals surface area contributed by atoms with Crippen LogP contribution in [0, 0.1) is 17.0 Å². The van der Waals surface area contributed by atoms with E-state index in [9.17, 15) is 14.9 Å². The van der Waals surface area contributed by atoms with Crippen molar-refractivity contribution in [2.24, 2.45) is 0 Å². The van der Waals surface area contributed by atoms with Crippen LogP contribution < -0.4 is 10.2 Å². The Bertz CT molecular complexity index is 699. The number of para-hydroxylation sites is 1. The van der Waals surface area contributed by atoms with Gasteiger partial charge in [0.15, 0.2) is 0 Å². The minimum atomic E-state index is -0.591. The number of nitrogens with one attached hydrogen (secondary N) is 1. The van der Waals surface area contributed by atoms with Crippen molar-refractivity contribution in [2.45, 2.75) is 6.92 Å². The summed E-state index contributed by atoms with van der Waals surface area (Å²) >= 11 is 5.55. The average Bonchev–Trinajstić information content (AvgIpc) is 2.34. The first-order valence-electron chi connectivity index (χ1n) is 5.16. The third kappa shape index (κ3) is 2.71. The van der Waals surface area contributed by atoms with E-state index in [0.29, 0.717) is 5.56 Å². The molecule has 0 saturated carbocycles. The number of ether oxygens (including phenoxy) is 1. The van der Waals surface area contributed by atoms with E-state index in [1.807, 2.05) is 0 Å². The molecule has 2 aromatic rings. The molecule has 98 valence electrons. The molecule has 1 aromatic heterocycles. The molecular weight excluding hydrogens is 274 g/mol. The minimum absolute atomic E-state index is 0.0205. The zero-order valence-corrected chi connectivity index (χ0v) is 10.5. The first-order chi connectivity index (χ1) is 8.99. The van der Waals surface area contributed by atoms with Gasteiger partial charge in [-0.1, -0.05) is 23.7 Å². The Morgan fingerprint density at radius 3 is 2.84 bits per heavy atom. The van der Waals surface area contributed by atoms with Crippen LogP contribution in [-0.4, -0.2) is 15.1 Å². The quantitative estimate of drug-likeness (QED) is 0.688. The maximum Gasteiger partial charge on any atom is 0.311 e. The van der Waals surface area contributed by atoms with E-state index in [4.69, 9.17) is 16.3 Å². The van der Waals surface area contributed by atoms with Crippen molar-refractivity contribution >= 4 is 17.3 Å². The molecule has 0 unspecified atom stereocenters. The van der Waals surface area contributed by atoms with Gasteiger partial charge in [-0.25, -0.2) is 0 Å². The number of hydrogen-bond donors (Lipinski definition) is 1. The normalized spacial score (nSPS) is 10.2. The van der Waals surface area contributed by atoms with Crippen LogP contribution in [0.1, 0.15) is 5.56 Å². The number of rotatable bonds is 3. The fourth-order valence-corrected chi connectivity index (χ4v) is 1.59. The van der Waals surface area contributed by atoms with Crippen molar-refractivity contribution in [1.82, 2.24) is 10.2 Å². The lowest BCUT2D eigenvalue weighted by atomic mass is 10.2. The minimum Gasteiger partial charge on any atom is -0.427 e. The van der Waals surface area contributed by atoms with E-state index >= 15 is 0 Å². The van der Waals surface area contributed by atoms with Gasteiger partial charge in [0.05, 0.1) is 4.92 Å². The number of benzene rings is 1. The number of halogens is 1. The molecule has 19 heavy (non-hydrogen) atoms. The second-order valence-corrected chi connectivity index (χ2v) is 4.07. The molecule has 2 rings (SSSR count). The molecule has 1 N–H and O–H groups in total. The van der Waals surface area contributed by atoms with Gasteiger partial charge < -0.3 is 4.74 Å². The van der Waals surface area contributed by atoms with Gasteiger partial charge in [0.1, 0.15) is 5.15 Å². The Hall–Kier alpha value is -2.41. The van der Waals surface area contributed by atoms with Gasteiger partial charge in [0.2, 0.25) is 11.2 Å². The van der Waals surface area contributed by atoms with Crippen LogP contribution in [0.15, 0.2) is 29.1 Å². The molecule has 0 spiro atoms. The molecule has 0 saturated heterocycles. The van der Waals surface area contributed by atoms with E-state index in [1.165, 1.54) is 12.1 Å². The first-order valence-corrected chi connectivity index (χ1v) is 5.54. The number of hydrogen-bond acceptors (Lipinski definition) is 5. The van der Waals surface area contributed by atoms with Crippen LogP contribution in [0.5, 0.6) is 11.6 Å². The molecule has 0 amide bonds. The highest BCUT2D eigenvalue weighted by Gasteiger charge is 2.19. The number of nitro benzene ring substituents is 1. The van der Waals surface area contributed by atoms with Crippen LogP contribution in [0.3, 0.4) is 0 Å². The van der Waals surface area contributed by atoms with Crippen molar-refractivity contribution in [3.8, 4) is 11.6 Å². The van der Waals surface area contributed by atoms with Gasteiger partial charge in [0, 0.05) is 12.1 Å². The highest BCUT2D eigenvalue weighted by Crippen LogP contribution is 2.32. The van der Waals surface area contributed by atoms with Crippen molar-refractivity contribution in [2.75, 3.05) is 0 Å². The second-order valence-electron chi connectivity index (χ2n) is 3.67. The summed E-state index contributed by atoms with van der Waals surface area (Å²) in [6.07, 6.45) is 0. The molecule has 0 fully saturated rings. The smallest absolute Gasteiger partial charge is 0.311 e. The summed E-state index contributed by atoms with van der Waals surface area (Å²) in [5, 5.41) is 16.9. The van der Waals surface area contributed by atoms with Gasteiger partial charge in [-0.2, -0.15) is 0 Å². The van der Waals surface area contributed by atoms with Crippen LogP contribution >= 0.6 is 11.6 Å². The zero-order valence-electron chi connectivity index (χ0n) is 9.71. The number of nitro groups is 1. The second kappa shape index (κ2) is 5.07. The topological polar surface area (TPSA) is 98.1 Å². The molecule has 0 atom stereocenters. The van der Waals surface area contributed by atoms with Crippen molar-refractivity contribution in [3.05, 3.63) is 55.3 Å². The van der Waals surface area contributed by atoms with Gasteiger partial charge in [0.25, 0.3) is 5.88 Å². The van der Waals surface area contributed by atoms with Crippen LogP contribution in [0.4, 0.5) is 5.69 Å². The monoisotopic (exact) mass is 281 g/mol.